The minimum Gasteiger partial charge on any atom is -0.496 e. The van der Waals surface area contributed by atoms with Crippen LogP contribution >= 0.6 is 11.3 Å². The zero-order valence-corrected chi connectivity index (χ0v) is 12.7. The van der Waals surface area contributed by atoms with Crippen molar-refractivity contribution < 1.29 is 14.6 Å². The Hall–Kier alpha value is -1.52. The number of aliphatic hydroxyl groups is 1. The normalized spacial score (nSPS) is 12.2. The lowest BCUT2D eigenvalue weighted by Gasteiger charge is -2.17. The summed E-state index contributed by atoms with van der Waals surface area (Å²) in [6, 6.07) is 9.74. The van der Waals surface area contributed by atoms with Crippen LogP contribution in [-0.2, 0) is 6.42 Å². The van der Waals surface area contributed by atoms with Gasteiger partial charge in [0.2, 0.25) is 0 Å². The third-order valence-electron chi connectivity index (χ3n) is 3.28. The predicted octanol–water partition coefficient (Wildman–Crippen LogP) is 3.82. The van der Waals surface area contributed by atoms with E-state index >= 15 is 0 Å². The van der Waals surface area contributed by atoms with Gasteiger partial charge >= 0.3 is 0 Å². The van der Waals surface area contributed by atoms with Gasteiger partial charge in [0.1, 0.15) is 11.5 Å². The van der Waals surface area contributed by atoms with Crippen molar-refractivity contribution in [2.75, 3.05) is 14.2 Å². The van der Waals surface area contributed by atoms with Gasteiger partial charge in [0.25, 0.3) is 0 Å². The van der Waals surface area contributed by atoms with E-state index < -0.39 is 6.10 Å². The molecule has 0 radical (unpaired) electrons. The maximum absolute atomic E-state index is 10.4. The molecule has 0 amide bonds. The Labute approximate surface area is 123 Å². The van der Waals surface area contributed by atoms with Gasteiger partial charge in [-0.2, -0.15) is 0 Å². The van der Waals surface area contributed by atoms with Crippen molar-refractivity contribution in [1.82, 2.24) is 0 Å². The minimum atomic E-state index is -0.568. The van der Waals surface area contributed by atoms with Gasteiger partial charge in [-0.25, -0.2) is 0 Å². The summed E-state index contributed by atoms with van der Waals surface area (Å²) in [7, 11) is 3.22. The smallest absolute Gasteiger partial charge is 0.128 e. The van der Waals surface area contributed by atoms with Crippen LogP contribution in [0.4, 0.5) is 0 Å². The Morgan fingerprint density at radius 3 is 2.35 bits per heavy atom. The second-order valence-electron chi connectivity index (χ2n) is 4.56. The first-order valence-electron chi connectivity index (χ1n) is 6.67. The molecule has 20 heavy (non-hydrogen) atoms. The standard InChI is InChI=1S/C16H20O3S/c1-18-14-9-4-10-15(19-2)16(14)13(17)8-3-6-12-7-5-11-20-12/h4-5,7,9-11,13,17H,3,6,8H2,1-2H3. The first-order valence-corrected chi connectivity index (χ1v) is 7.55. The molecule has 0 bridgehead atoms. The molecule has 0 aliphatic rings. The van der Waals surface area contributed by atoms with Gasteiger partial charge in [0.15, 0.2) is 0 Å². The summed E-state index contributed by atoms with van der Waals surface area (Å²) in [5.41, 5.74) is 0.740. The number of aliphatic hydroxyl groups excluding tert-OH is 1. The topological polar surface area (TPSA) is 38.7 Å². The van der Waals surface area contributed by atoms with Crippen LogP contribution in [0.25, 0.3) is 0 Å². The highest BCUT2D eigenvalue weighted by Crippen LogP contribution is 2.36. The van der Waals surface area contributed by atoms with Gasteiger partial charge in [-0.1, -0.05) is 12.1 Å². The van der Waals surface area contributed by atoms with E-state index in [-0.39, 0.29) is 0 Å². The maximum Gasteiger partial charge on any atom is 0.128 e. The molecule has 2 aromatic rings. The molecule has 0 aliphatic heterocycles. The maximum atomic E-state index is 10.4. The minimum absolute atomic E-state index is 0.568. The molecule has 1 N–H and O–H groups in total. The molecule has 1 atom stereocenters. The fourth-order valence-electron chi connectivity index (χ4n) is 2.28. The second-order valence-corrected chi connectivity index (χ2v) is 5.60. The van der Waals surface area contributed by atoms with Crippen LogP contribution in [0.5, 0.6) is 11.5 Å². The number of ether oxygens (including phenoxy) is 2. The lowest BCUT2D eigenvalue weighted by Crippen LogP contribution is -2.04. The van der Waals surface area contributed by atoms with Crippen molar-refractivity contribution in [3.8, 4) is 11.5 Å². The van der Waals surface area contributed by atoms with Gasteiger partial charge in [-0.05, 0) is 42.8 Å². The summed E-state index contributed by atoms with van der Waals surface area (Å²) in [6.07, 6.45) is 2.05. The lowest BCUT2D eigenvalue weighted by molar-refractivity contribution is 0.156. The summed E-state index contributed by atoms with van der Waals surface area (Å²) < 4.78 is 10.6. The average Bonchev–Trinajstić information content (AvgIpc) is 2.99. The second kappa shape index (κ2) is 7.31. The molecule has 0 spiro atoms. The van der Waals surface area contributed by atoms with Gasteiger partial charge in [-0.3, -0.25) is 0 Å². The van der Waals surface area contributed by atoms with Crippen molar-refractivity contribution >= 4 is 11.3 Å². The Morgan fingerprint density at radius 1 is 1.10 bits per heavy atom. The number of aryl methyl sites for hydroxylation is 1. The van der Waals surface area contributed by atoms with E-state index in [1.165, 1.54) is 4.88 Å². The molecular formula is C16H20O3S. The van der Waals surface area contributed by atoms with E-state index in [1.54, 1.807) is 25.6 Å². The van der Waals surface area contributed by atoms with E-state index in [1.807, 2.05) is 18.2 Å². The van der Waals surface area contributed by atoms with Gasteiger partial charge < -0.3 is 14.6 Å². The molecule has 1 heterocycles. The SMILES string of the molecule is COc1cccc(OC)c1C(O)CCCc1cccs1. The highest BCUT2D eigenvalue weighted by Gasteiger charge is 2.18. The number of thiophene rings is 1. The van der Waals surface area contributed by atoms with Crippen LogP contribution in [0, 0.1) is 0 Å². The van der Waals surface area contributed by atoms with Crippen molar-refractivity contribution in [3.63, 3.8) is 0 Å². The van der Waals surface area contributed by atoms with Crippen molar-refractivity contribution in [2.45, 2.75) is 25.4 Å². The Balaban J connectivity index is 2.02. The monoisotopic (exact) mass is 292 g/mol. The van der Waals surface area contributed by atoms with E-state index in [4.69, 9.17) is 9.47 Å². The first kappa shape index (κ1) is 14.9. The number of rotatable bonds is 7. The first-order chi connectivity index (χ1) is 9.76. The van der Waals surface area contributed by atoms with E-state index in [0.29, 0.717) is 17.9 Å². The summed E-state index contributed by atoms with van der Waals surface area (Å²) in [5.74, 6) is 1.35. The molecule has 3 nitrogen and oxygen atoms in total. The van der Waals surface area contributed by atoms with Crippen LogP contribution in [0.2, 0.25) is 0 Å². The van der Waals surface area contributed by atoms with Crippen molar-refractivity contribution in [1.29, 1.82) is 0 Å². The predicted molar refractivity (Wildman–Crippen MR) is 81.8 cm³/mol. The number of methoxy groups -OCH3 is 2. The van der Waals surface area contributed by atoms with Gasteiger partial charge in [0.05, 0.1) is 25.9 Å². The highest BCUT2D eigenvalue weighted by atomic mass is 32.1. The summed E-state index contributed by atoms with van der Waals surface area (Å²) >= 11 is 1.75. The molecule has 0 aliphatic carbocycles. The Kier molecular flexibility index (Phi) is 5.44. The largest absolute Gasteiger partial charge is 0.496 e. The zero-order valence-electron chi connectivity index (χ0n) is 11.8. The molecule has 1 aromatic carbocycles. The van der Waals surface area contributed by atoms with E-state index in [9.17, 15) is 5.11 Å². The summed E-state index contributed by atoms with van der Waals surface area (Å²) in [5, 5.41) is 12.5. The number of benzene rings is 1. The molecule has 108 valence electrons. The molecule has 0 fully saturated rings. The average molecular weight is 292 g/mol. The van der Waals surface area contributed by atoms with Crippen LogP contribution in [0.1, 0.15) is 29.4 Å². The van der Waals surface area contributed by atoms with Crippen LogP contribution < -0.4 is 9.47 Å². The van der Waals surface area contributed by atoms with Crippen LogP contribution in [0.15, 0.2) is 35.7 Å². The molecular weight excluding hydrogens is 272 g/mol. The molecule has 0 saturated heterocycles. The fraction of sp³-hybridized carbons (Fsp3) is 0.375. The van der Waals surface area contributed by atoms with Gasteiger partial charge in [0, 0.05) is 4.88 Å². The number of hydrogen-bond donors (Lipinski definition) is 1. The van der Waals surface area contributed by atoms with Crippen molar-refractivity contribution in [3.05, 3.63) is 46.2 Å². The quantitative estimate of drug-likeness (QED) is 0.843. The van der Waals surface area contributed by atoms with Crippen molar-refractivity contribution in [2.24, 2.45) is 0 Å². The molecule has 2 rings (SSSR count). The summed E-state index contributed by atoms with van der Waals surface area (Å²) in [6.45, 7) is 0. The van der Waals surface area contributed by atoms with E-state index in [2.05, 4.69) is 17.5 Å². The fourth-order valence-corrected chi connectivity index (χ4v) is 3.03. The zero-order chi connectivity index (χ0) is 14.4. The highest BCUT2D eigenvalue weighted by molar-refractivity contribution is 7.09. The molecule has 1 aromatic heterocycles. The number of hydrogen-bond acceptors (Lipinski definition) is 4. The van der Waals surface area contributed by atoms with Gasteiger partial charge in [-0.15, -0.1) is 11.3 Å². The Bertz CT molecular complexity index is 500. The molecule has 0 saturated carbocycles. The molecule has 4 heteroatoms. The van der Waals surface area contributed by atoms with E-state index in [0.717, 1.165) is 18.4 Å². The third kappa shape index (κ3) is 3.52. The Morgan fingerprint density at radius 2 is 1.80 bits per heavy atom. The third-order valence-corrected chi connectivity index (χ3v) is 4.22. The lowest BCUT2D eigenvalue weighted by atomic mass is 10.0. The van der Waals surface area contributed by atoms with Crippen LogP contribution in [-0.4, -0.2) is 19.3 Å². The summed E-state index contributed by atoms with van der Waals surface area (Å²) in [4.78, 5) is 1.35. The van der Waals surface area contributed by atoms with Crippen LogP contribution in [0.3, 0.4) is 0 Å². The molecule has 1 unspecified atom stereocenters.